The first-order chi connectivity index (χ1) is 11.8. The maximum absolute atomic E-state index is 12.5. The minimum absolute atomic E-state index is 0.00777. The van der Waals surface area contributed by atoms with Crippen LogP contribution >= 0.6 is 0 Å². The van der Waals surface area contributed by atoms with Crippen LogP contribution in [0.2, 0.25) is 0 Å². The van der Waals surface area contributed by atoms with E-state index in [1.165, 1.54) is 12.8 Å². The van der Waals surface area contributed by atoms with Crippen LogP contribution in [0.1, 0.15) is 43.9 Å². The Balaban J connectivity index is 1.55. The number of hydrogen-bond acceptors (Lipinski definition) is 4. The topological polar surface area (TPSA) is 69.0 Å². The van der Waals surface area contributed by atoms with Crippen molar-refractivity contribution >= 4 is 6.03 Å². The average Bonchev–Trinajstić information content (AvgIpc) is 3.30. The highest BCUT2D eigenvalue weighted by Crippen LogP contribution is 2.25. The Morgan fingerprint density at radius 1 is 1.33 bits per heavy atom. The molecule has 0 aromatic carbocycles. The van der Waals surface area contributed by atoms with Gasteiger partial charge in [-0.1, -0.05) is 0 Å². The van der Waals surface area contributed by atoms with E-state index >= 15 is 0 Å². The van der Waals surface area contributed by atoms with Gasteiger partial charge < -0.3 is 19.7 Å². The van der Waals surface area contributed by atoms with Crippen molar-refractivity contribution in [3.05, 3.63) is 24.2 Å². The van der Waals surface area contributed by atoms with Crippen molar-refractivity contribution in [2.75, 3.05) is 39.3 Å². The van der Waals surface area contributed by atoms with E-state index in [0.29, 0.717) is 12.5 Å². The summed E-state index contributed by atoms with van der Waals surface area (Å²) in [6, 6.07) is 4.02. The number of amides is 2. The Kier molecular flexibility index (Phi) is 6.15. The number of carbonyl (C=O) groups excluding carboxylic acids is 1. The molecule has 1 aromatic rings. The average molecular weight is 335 g/mol. The van der Waals surface area contributed by atoms with Gasteiger partial charge in [-0.2, -0.15) is 0 Å². The van der Waals surface area contributed by atoms with Gasteiger partial charge in [0.1, 0.15) is 5.76 Å². The molecule has 3 rings (SSSR count). The van der Waals surface area contributed by atoms with Crippen molar-refractivity contribution in [2.45, 2.75) is 38.1 Å². The molecule has 0 unspecified atom stereocenters. The summed E-state index contributed by atoms with van der Waals surface area (Å²) in [6.07, 6.45) is 7.02. The number of hydrogen-bond donors (Lipinski definition) is 2. The van der Waals surface area contributed by atoms with Gasteiger partial charge in [0.15, 0.2) is 0 Å². The molecule has 2 amide bonds. The van der Waals surface area contributed by atoms with Crippen molar-refractivity contribution in [2.24, 2.45) is 5.92 Å². The van der Waals surface area contributed by atoms with Crippen LogP contribution in [0.5, 0.6) is 0 Å². The number of likely N-dealkylation sites (tertiary alicyclic amines) is 2. The molecule has 2 aliphatic heterocycles. The van der Waals surface area contributed by atoms with Gasteiger partial charge in [0.25, 0.3) is 0 Å². The zero-order chi connectivity index (χ0) is 16.8. The van der Waals surface area contributed by atoms with Gasteiger partial charge in [-0.25, -0.2) is 4.79 Å². The molecule has 0 radical (unpaired) electrons. The molecule has 2 saturated heterocycles. The van der Waals surface area contributed by atoms with Crippen molar-refractivity contribution in [3.63, 3.8) is 0 Å². The molecule has 3 heterocycles. The second-order valence-electron chi connectivity index (χ2n) is 6.93. The van der Waals surface area contributed by atoms with E-state index in [0.717, 1.165) is 51.2 Å². The molecule has 2 aliphatic rings. The fourth-order valence-electron chi connectivity index (χ4n) is 3.91. The molecular weight excluding hydrogens is 306 g/mol. The molecule has 6 nitrogen and oxygen atoms in total. The van der Waals surface area contributed by atoms with Gasteiger partial charge in [-0.05, 0) is 63.2 Å². The van der Waals surface area contributed by atoms with Crippen LogP contribution in [0.4, 0.5) is 4.79 Å². The molecular formula is C18H29N3O3. The first-order valence-corrected chi connectivity index (χ1v) is 9.19. The van der Waals surface area contributed by atoms with Gasteiger partial charge >= 0.3 is 6.03 Å². The summed E-state index contributed by atoms with van der Waals surface area (Å²) in [4.78, 5) is 16.8. The molecule has 0 spiro atoms. The van der Waals surface area contributed by atoms with Crippen LogP contribution in [0.25, 0.3) is 0 Å². The Morgan fingerprint density at radius 2 is 2.17 bits per heavy atom. The van der Waals surface area contributed by atoms with Crippen LogP contribution in [0.3, 0.4) is 0 Å². The van der Waals surface area contributed by atoms with Gasteiger partial charge in [0.05, 0.1) is 12.3 Å². The third-order valence-electron chi connectivity index (χ3n) is 5.24. The molecule has 134 valence electrons. The van der Waals surface area contributed by atoms with Gasteiger partial charge in [-0.15, -0.1) is 0 Å². The van der Waals surface area contributed by atoms with Crippen LogP contribution in [-0.4, -0.2) is 60.3 Å². The van der Waals surface area contributed by atoms with E-state index < -0.39 is 0 Å². The van der Waals surface area contributed by atoms with Crippen LogP contribution in [0, 0.1) is 5.92 Å². The highest BCUT2D eigenvalue weighted by atomic mass is 16.3. The standard InChI is InChI=1S/C18H29N3O3/c22-11-7-15-5-3-10-21(14-15)18(23)19-13-16(17-6-4-12-24-17)20-8-1-2-9-20/h4,6,12,15-16,22H,1-3,5,7-11,13-14H2,(H,19,23)/t15-,16+/m1/s1. The minimum atomic E-state index is 0.00777. The number of urea groups is 1. The monoisotopic (exact) mass is 335 g/mol. The number of rotatable bonds is 6. The second kappa shape index (κ2) is 8.53. The molecule has 2 atom stereocenters. The zero-order valence-electron chi connectivity index (χ0n) is 14.3. The highest BCUT2D eigenvalue weighted by Gasteiger charge is 2.28. The summed E-state index contributed by atoms with van der Waals surface area (Å²) < 4.78 is 5.60. The number of nitrogens with zero attached hydrogens (tertiary/aromatic N) is 2. The molecule has 0 aliphatic carbocycles. The summed E-state index contributed by atoms with van der Waals surface area (Å²) in [5.41, 5.74) is 0. The molecule has 0 bridgehead atoms. The Morgan fingerprint density at radius 3 is 2.88 bits per heavy atom. The molecule has 2 fully saturated rings. The zero-order valence-corrected chi connectivity index (χ0v) is 14.3. The number of aliphatic hydroxyl groups is 1. The summed E-state index contributed by atoms with van der Waals surface area (Å²) >= 11 is 0. The number of furan rings is 1. The molecule has 2 N–H and O–H groups in total. The fraction of sp³-hybridized carbons (Fsp3) is 0.722. The van der Waals surface area contributed by atoms with Crippen LogP contribution in [0.15, 0.2) is 22.8 Å². The van der Waals surface area contributed by atoms with Crippen LogP contribution in [-0.2, 0) is 0 Å². The number of aliphatic hydroxyl groups excluding tert-OH is 1. The van der Waals surface area contributed by atoms with Crippen molar-refractivity contribution in [3.8, 4) is 0 Å². The maximum Gasteiger partial charge on any atom is 0.317 e. The highest BCUT2D eigenvalue weighted by molar-refractivity contribution is 5.74. The van der Waals surface area contributed by atoms with E-state index in [2.05, 4.69) is 10.2 Å². The quantitative estimate of drug-likeness (QED) is 0.836. The Labute approximate surface area is 143 Å². The van der Waals surface area contributed by atoms with Crippen LogP contribution < -0.4 is 5.32 Å². The van der Waals surface area contributed by atoms with Gasteiger partial charge in [0.2, 0.25) is 0 Å². The Hall–Kier alpha value is -1.53. The largest absolute Gasteiger partial charge is 0.468 e. The van der Waals surface area contributed by atoms with E-state index in [4.69, 9.17) is 9.52 Å². The van der Waals surface area contributed by atoms with E-state index in [1.54, 1.807) is 6.26 Å². The van der Waals surface area contributed by atoms with E-state index in [9.17, 15) is 4.79 Å². The predicted molar refractivity (Wildman–Crippen MR) is 91.7 cm³/mol. The van der Waals surface area contributed by atoms with Gasteiger partial charge in [0, 0.05) is 26.2 Å². The molecule has 1 aromatic heterocycles. The first-order valence-electron chi connectivity index (χ1n) is 9.19. The lowest BCUT2D eigenvalue weighted by molar-refractivity contribution is 0.145. The first kappa shape index (κ1) is 17.3. The lowest BCUT2D eigenvalue weighted by atomic mass is 9.95. The van der Waals surface area contributed by atoms with E-state index in [-0.39, 0.29) is 18.7 Å². The second-order valence-corrected chi connectivity index (χ2v) is 6.93. The Bertz CT molecular complexity index is 498. The van der Waals surface area contributed by atoms with Crippen molar-refractivity contribution in [1.82, 2.24) is 15.1 Å². The normalized spacial score (nSPS) is 23.4. The summed E-state index contributed by atoms with van der Waals surface area (Å²) in [5.74, 6) is 1.35. The third-order valence-corrected chi connectivity index (χ3v) is 5.24. The number of carbonyl (C=O) groups is 1. The molecule has 24 heavy (non-hydrogen) atoms. The smallest absolute Gasteiger partial charge is 0.317 e. The number of nitrogens with one attached hydrogen (secondary N) is 1. The summed E-state index contributed by atoms with van der Waals surface area (Å²) in [7, 11) is 0. The summed E-state index contributed by atoms with van der Waals surface area (Å²) in [5, 5.41) is 12.2. The fourth-order valence-corrected chi connectivity index (χ4v) is 3.91. The lowest BCUT2D eigenvalue weighted by Gasteiger charge is -2.33. The third kappa shape index (κ3) is 4.30. The minimum Gasteiger partial charge on any atom is -0.468 e. The predicted octanol–water partition coefficient (Wildman–Crippen LogP) is 2.22. The van der Waals surface area contributed by atoms with Crippen molar-refractivity contribution < 1.29 is 14.3 Å². The SMILES string of the molecule is O=C(NC[C@@H](c1ccco1)N1CCCC1)N1CCC[C@H](CCO)C1. The van der Waals surface area contributed by atoms with Gasteiger partial charge in [-0.3, -0.25) is 4.90 Å². The van der Waals surface area contributed by atoms with Crippen molar-refractivity contribution in [1.29, 1.82) is 0 Å². The lowest BCUT2D eigenvalue weighted by Crippen LogP contribution is -2.47. The molecule has 6 heteroatoms. The summed E-state index contributed by atoms with van der Waals surface area (Å²) in [6.45, 7) is 4.46. The van der Waals surface area contributed by atoms with E-state index in [1.807, 2.05) is 17.0 Å². The maximum atomic E-state index is 12.5. The number of piperidine rings is 1. The molecule has 0 saturated carbocycles.